The van der Waals surface area contributed by atoms with Crippen LogP contribution in [0.5, 0.6) is 0 Å². The molecule has 0 atom stereocenters. The Balaban J connectivity index is 3.00. The first kappa shape index (κ1) is 6.60. The van der Waals surface area contributed by atoms with Gasteiger partial charge in [-0.05, 0) is 0 Å². The van der Waals surface area contributed by atoms with Crippen LogP contribution in [-0.4, -0.2) is 35.9 Å². The van der Waals surface area contributed by atoms with Gasteiger partial charge in [-0.1, -0.05) is 0 Å². The number of nitrogens with zero attached hydrogens (tertiary/aromatic N) is 2. The molecule has 5 nitrogen and oxygen atoms in total. The van der Waals surface area contributed by atoms with Crippen molar-refractivity contribution < 1.29 is 14.4 Å². The Morgan fingerprint density at radius 2 is 2.00 bits per heavy atom. The number of imide groups is 1. The van der Waals surface area contributed by atoms with Crippen LogP contribution in [0.15, 0.2) is 4.99 Å². The minimum atomic E-state index is -0.833. The molecule has 0 aromatic carbocycles. The van der Waals surface area contributed by atoms with Crippen molar-refractivity contribution in [2.24, 2.45) is 4.99 Å². The maximum absolute atomic E-state index is 10.6. The van der Waals surface area contributed by atoms with E-state index in [-0.39, 0.29) is 0 Å². The lowest BCUT2D eigenvalue weighted by Crippen LogP contribution is -2.40. The van der Waals surface area contributed by atoms with Crippen LogP contribution in [0, 0.1) is 0 Å². The van der Waals surface area contributed by atoms with Crippen molar-refractivity contribution in [2.45, 2.75) is 0 Å². The highest BCUT2D eigenvalue weighted by atomic mass is 16.2. The third-order valence-corrected chi connectivity index (χ3v) is 1.09. The van der Waals surface area contributed by atoms with Crippen LogP contribution in [0.3, 0.4) is 0 Å². The average molecular weight is 140 g/mol. The van der Waals surface area contributed by atoms with Crippen molar-refractivity contribution in [1.82, 2.24) is 4.90 Å². The summed E-state index contributed by atoms with van der Waals surface area (Å²) in [6, 6.07) is -0.704. The summed E-state index contributed by atoms with van der Waals surface area (Å²) in [5.41, 5.74) is 0. The van der Waals surface area contributed by atoms with E-state index in [1.54, 1.807) is 0 Å². The number of rotatable bonds is 0. The van der Waals surface area contributed by atoms with Crippen LogP contribution in [-0.2, 0) is 9.59 Å². The zero-order chi connectivity index (χ0) is 7.72. The predicted molar refractivity (Wildman–Crippen MR) is 31.7 cm³/mol. The summed E-state index contributed by atoms with van der Waals surface area (Å²) in [6.07, 6.45) is 0.727. The molecule has 0 bridgehead atoms. The fourth-order valence-corrected chi connectivity index (χ4v) is 0.508. The molecule has 0 radical (unpaired) electrons. The quantitative estimate of drug-likeness (QED) is 0.414. The maximum Gasteiger partial charge on any atom is 0.350 e. The fraction of sp³-hybridized carbons (Fsp3) is 0.200. The summed E-state index contributed by atoms with van der Waals surface area (Å²) in [5.74, 6) is -1.60. The molecule has 0 aromatic rings. The second-order valence-corrected chi connectivity index (χ2v) is 1.77. The lowest BCUT2D eigenvalue weighted by molar-refractivity contribution is -0.138. The molecule has 0 saturated heterocycles. The second kappa shape index (κ2) is 2.02. The van der Waals surface area contributed by atoms with Crippen molar-refractivity contribution in [1.29, 1.82) is 0 Å². The summed E-state index contributed by atoms with van der Waals surface area (Å²) in [6.45, 7) is 0. The van der Waals surface area contributed by atoms with Crippen molar-refractivity contribution in [3.05, 3.63) is 0 Å². The molecule has 52 valence electrons. The first-order chi connectivity index (χ1) is 4.63. The highest BCUT2D eigenvalue weighted by Gasteiger charge is 2.26. The molecule has 1 aliphatic rings. The number of hydrogen-bond donors (Lipinski definition) is 0. The number of ketones is 1. The molecule has 0 N–H and O–H groups in total. The van der Waals surface area contributed by atoms with Crippen molar-refractivity contribution in [2.75, 3.05) is 7.05 Å². The summed E-state index contributed by atoms with van der Waals surface area (Å²) in [7, 11) is 1.21. The zero-order valence-electron chi connectivity index (χ0n) is 5.20. The van der Waals surface area contributed by atoms with E-state index in [0.29, 0.717) is 4.90 Å². The normalized spacial score (nSPS) is 18.5. The molecular weight excluding hydrogens is 136 g/mol. The average Bonchev–Trinajstić information content (AvgIpc) is 1.93. The van der Waals surface area contributed by atoms with Crippen molar-refractivity contribution in [3.8, 4) is 0 Å². The monoisotopic (exact) mass is 140 g/mol. The lowest BCUT2D eigenvalue weighted by atomic mass is 10.3. The van der Waals surface area contributed by atoms with Gasteiger partial charge in [0, 0.05) is 7.05 Å². The fourth-order valence-electron chi connectivity index (χ4n) is 0.508. The van der Waals surface area contributed by atoms with E-state index in [1.165, 1.54) is 7.05 Å². The number of urea groups is 1. The Labute approximate surface area is 56.3 Å². The van der Waals surface area contributed by atoms with E-state index in [4.69, 9.17) is 0 Å². The van der Waals surface area contributed by atoms with Crippen LogP contribution in [0.25, 0.3) is 0 Å². The van der Waals surface area contributed by atoms with E-state index in [9.17, 15) is 14.4 Å². The molecule has 3 amide bonds. The van der Waals surface area contributed by atoms with E-state index in [1.807, 2.05) is 0 Å². The summed E-state index contributed by atoms with van der Waals surface area (Å²) in [4.78, 5) is 35.4. The molecule has 0 saturated carbocycles. The number of carbonyl (C=O) groups is 3. The van der Waals surface area contributed by atoms with Crippen LogP contribution in [0.4, 0.5) is 4.79 Å². The van der Waals surface area contributed by atoms with Gasteiger partial charge in [-0.15, -0.1) is 0 Å². The van der Waals surface area contributed by atoms with E-state index in [2.05, 4.69) is 4.99 Å². The number of hydrogen-bond acceptors (Lipinski definition) is 3. The Morgan fingerprint density at radius 3 is 2.50 bits per heavy atom. The second-order valence-electron chi connectivity index (χ2n) is 1.77. The first-order valence-corrected chi connectivity index (χ1v) is 2.53. The Hall–Kier alpha value is -1.52. The van der Waals surface area contributed by atoms with Gasteiger partial charge < -0.3 is 0 Å². The van der Waals surface area contributed by atoms with Gasteiger partial charge in [0.15, 0.2) is 0 Å². The highest BCUT2D eigenvalue weighted by Crippen LogP contribution is 1.95. The minimum absolute atomic E-state index is 0.669. The molecule has 0 fully saturated rings. The number of Topliss-reactive ketones (excluding diaryl/α,β-unsaturated/α-hetero) is 1. The number of likely N-dealkylation sites (N-methyl/N-ethyl adjacent to an activating group) is 1. The Kier molecular flexibility index (Phi) is 1.33. The topological polar surface area (TPSA) is 66.8 Å². The summed E-state index contributed by atoms with van der Waals surface area (Å²) < 4.78 is 0. The molecular formula is C5H4N2O3. The molecule has 1 aliphatic heterocycles. The van der Waals surface area contributed by atoms with Gasteiger partial charge in [0.2, 0.25) is 0 Å². The van der Waals surface area contributed by atoms with Gasteiger partial charge in [0.1, 0.15) is 0 Å². The van der Waals surface area contributed by atoms with Crippen LogP contribution in [0.1, 0.15) is 0 Å². The minimum Gasteiger partial charge on any atom is -0.282 e. The lowest BCUT2D eigenvalue weighted by Gasteiger charge is -2.12. The molecule has 0 unspecified atom stereocenters. The van der Waals surface area contributed by atoms with Crippen molar-refractivity contribution in [3.63, 3.8) is 0 Å². The molecule has 10 heavy (non-hydrogen) atoms. The standard InChI is InChI=1S/C5H4N2O3/c1-7-4(9)3(8)2-6-5(7)10/h2H,1H3. The van der Waals surface area contributed by atoms with Gasteiger partial charge in [-0.3, -0.25) is 14.5 Å². The number of amides is 3. The zero-order valence-corrected chi connectivity index (χ0v) is 5.20. The smallest absolute Gasteiger partial charge is 0.282 e. The van der Waals surface area contributed by atoms with Gasteiger partial charge in [0.25, 0.3) is 5.78 Å². The third kappa shape index (κ3) is 0.812. The maximum atomic E-state index is 10.6. The van der Waals surface area contributed by atoms with E-state index in [0.717, 1.165) is 6.21 Å². The van der Waals surface area contributed by atoms with Gasteiger partial charge >= 0.3 is 11.9 Å². The largest absolute Gasteiger partial charge is 0.350 e. The van der Waals surface area contributed by atoms with Gasteiger partial charge in [0.05, 0.1) is 6.21 Å². The Morgan fingerprint density at radius 1 is 1.40 bits per heavy atom. The number of aliphatic imine (C=N–C) groups is 1. The summed E-state index contributed by atoms with van der Waals surface area (Å²) >= 11 is 0. The third-order valence-electron chi connectivity index (χ3n) is 1.09. The molecule has 5 heteroatoms. The molecule has 0 aromatic heterocycles. The molecule has 0 aliphatic carbocycles. The van der Waals surface area contributed by atoms with Gasteiger partial charge in [-0.2, -0.15) is 4.99 Å². The Bertz CT molecular complexity index is 243. The van der Waals surface area contributed by atoms with E-state index >= 15 is 0 Å². The SMILES string of the molecule is CN1C(=O)N=CC(=O)C1=O. The van der Waals surface area contributed by atoms with Gasteiger partial charge in [-0.25, -0.2) is 4.79 Å². The van der Waals surface area contributed by atoms with Crippen LogP contribution in [0.2, 0.25) is 0 Å². The number of carbonyl (C=O) groups excluding carboxylic acids is 3. The molecule has 1 heterocycles. The predicted octanol–water partition coefficient (Wildman–Crippen LogP) is -0.782. The molecule has 1 rings (SSSR count). The van der Waals surface area contributed by atoms with E-state index < -0.39 is 17.7 Å². The molecule has 0 spiro atoms. The van der Waals surface area contributed by atoms with Crippen molar-refractivity contribution >= 4 is 23.9 Å². The van der Waals surface area contributed by atoms with Crippen LogP contribution >= 0.6 is 0 Å². The van der Waals surface area contributed by atoms with Crippen LogP contribution < -0.4 is 0 Å². The summed E-state index contributed by atoms with van der Waals surface area (Å²) in [5, 5.41) is 0. The first-order valence-electron chi connectivity index (χ1n) is 2.53. The highest BCUT2D eigenvalue weighted by molar-refractivity contribution is 6.61.